The SMILES string of the molecule is CCOc1c(/C(C)=C/C(=O)Nc2nc3ccccc3s2)cc2c(-c3ccc(C)cc3)coc2c1C. The first-order valence-corrected chi connectivity index (χ1v) is 12.4. The number of ether oxygens (including phenoxy) is 1. The summed E-state index contributed by atoms with van der Waals surface area (Å²) < 4.78 is 13.0. The maximum absolute atomic E-state index is 12.9. The number of allylic oxidation sites excluding steroid dienone is 1. The minimum Gasteiger partial charge on any atom is -0.493 e. The zero-order chi connectivity index (χ0) is 24.5. The summed E-state index contributed by atoms with van der Waals surface area (Å²) in [6.45, 7) is 8.45. The minimum absolute atomic E-state index is 0.229. The molecular weight excluding hydrogens is 456 g/mol. The Morgan fingerprint density at radius 1 is 1.14 bits per heavy atom. The van der Waals surface area contributed by atoms with Gasteiger partial charge in [0.05, 0.1) is 23.1 Å². The summed E-state index contributed by atoms with van der Waals surface area (Å²) in [4.78, 5) is 17.4. The second kappa shape index (κ2) is 9.39. The Morgan fingerprint density at radius 3 is 2.66 bits per heavy atom. The molecule has 0 aliphatic heterocycles. The first kappa shape index (κ1) is 22.9. The second-order valence-electron chi connectivity index (χ2n) is 8.51. The molecule has 0 aliphatic carbocycles. The summed E-state index contributed by atoms with van der Waals surface area (Å²) in [5.74, 6) is 0.499. The lowest BCUT2D eigenvalue weighted by atomic mass is 9.96. The molecule has 2 aromatic heterocycles. The number of carbonyl (C=O) groups is 1. The van der Waals surface area contributed by atoms with Crippen LogP contribution in [0.15, 0.2) is 71.4 Å². The summed E-state index contributed by atoms with van der Waals surface area (Å²) in [6.07, 6.45) is 3.39. The predicted molar refractivity (Wildman–Crippen MR) is 144 cm³/mol. The van der Waals surface area contributed by atoms with Crippen LogP contribution in [0.25, 0.3) is 37.9 Å². The van der Waals surface area contributed by atoms with Crippen molar-refractivity contribution >= 4 is 49.1 Å². The molecule has 2 heterocycles. The largest absolute Gasteiger partial charge is 0.493 e. The topological polar surface area (TPSA) is 64.4 Å². The van der Waals surface area contributed by atoms with Crippen molar-refractivity contribution in [3.8, 4) is 16.9 Å². The van der Waals surface area contributed by atoms with Gasteiger partial charge in [-0.2, -0.15) is 0 Å². The highest BCUT2D eigenvalue weighted by Crippen LogP contribution is 2.41. The van der Waals surface area contributed by atoms with Crippen molar-refractivity contribution in [1.82, 2.24) is 4.98 Å². The molecule has 0 radical (unpaired) electrons. The molecule has 0 saturated carbocycles. The van der Waals surface area contributed by atoms with E-state index in [9.17, 15) is 4.79 Å². The Hall–Kier alpha value is -3.90. The molecule has 0 unspecified atom stereocenters. The van der Waals surface area contributed by atoms with Crippen LogP contribution in [0.4, 0.5) is 5.13 Å². The zero-order valence-electron chi connectivity index (χ0n) is 20.1. The molecule has 5 rings (SSSR count). The van der Waals surface area contributed by atoms with E-state index in [1.807, 2.05) is 45.0 Å². The Kier molecular flexibility index (Phi) is 6.14. The van der Waals surface area contributed by atoms with Gasteiger partial charge in [0.1, 0.15) is 11.3 Å². The summed E-state index contributed by atoms with van der Waals surface area (Å²) >= 11 is 1.46. The van der Waals surface area contributed by atoms with Crippen LogP contribution in [0.3, 0.4) is 0 Å². The van der Waals surface area contributed by atoms with Crippen molar-refractivity contribution in [1.29, 1.82) is 0 Å². The van der Waals surface area contributed by atoms with Crippen LogP contribution in [-0.4, -0.2) is 17.5 Å². The molecule has 1 amide bonds. The molecule has 0 aliphatic rings. The molecule has 0 fully saturated rings. The molecule has 0 bridgehead atoms. The van der Waals surface area contributed by atoms with E-state index >= 15 is 0 Å². The lowest BCUT2D eigenvalue weighted by molar-refractivity contribution is -0.111. The van der Waals surface area contributed by atoms with Crippen molar-refractivity contribution < 1.29 is 13.9 Å². The number of carbonyl (C=O) groups excluding carboxylic acids is 1. The monoisotopic (exact) mass is 482 g/mol. The van der Waals surface area contributed by atoms with Gasteiger partial charge in [0, 0.05) is 28.2 Å². The molecule has 1 N–H and O–H groups in total. The number of hydrogen-bond donors (Lipinski definition) is 1. The fraction of sp³-hybridized carbons (Fsp3) is 0.172. The second-order valence-corrected chi connectivity index (χ2v) is 9.54. The standard InChI is InChI=1S/C29H26N2O3S/c1-5-33-27-19(4)28-22(23(16-34-28)20-12-10-17(2)11-13-20)15-21(27)18(3)14-26(32)31-29-30-24-8-6-7-9-25(24)35-29/h6-16H,5H2,1-4H3,(H,30,31,32)/b18-14+. The van der Waals surface area contributed by atoms with Gasteiger partial charge in [-0.15, -0.1) is 0 Å². The molecule has 5 aromatic rings. The van der Waals surface area contributed by atoms with Crippen LogP contribution in [0.5, 0.6) is 5.75 Å². The Bertz CT molecular complexity index is 1540. The minimum atomic E-state index is -0.229. The van der Waals surface area contributed by atoms with E-state index in [0.717, 1.165) is 54.8 Å². The van der Waals surface area contributed by atoms with E-state index in [0.29, 0.717) is 11.7 Å². The highest BCUT2D eigenvalue weighted by atomic mass is 32.1. The number of anilines is 1. The van der Waals surface area contributed by atoms with Gasteiger partial charge in [-0.1, -0.05) is 53.3 Å². The molecule has 5 nitrogen and oxygen atoms in total. The van der Waals surface area contributed by atoms with Gasteiger partial charge in [-0.05, 0) is 57.0 Å². The number of nitrogens with zero attached hydrogens (tertiary/aromatic N) is 1. The molecule has 0 spiro atoms. The zero-order valence-corrected chi connectivity index (χ0v) is 21.0. The first-order chi connectivity index (χ1) is 16.9. The fourth-order valence-electron chi connectivity index (χ4n) is 4.24. The van der Waals surface area contributed by atoms with Gasteiger partial charge in [-0.3, -0.25) is 10.1 Å². The number of furan rings is 1. The van der Waals surface area contributed by atoms with Gasteiger partial charge < -0.3 is 9.15 Å². The van der Waals surface area contributed by atoms with Gasteiger partial charge >= 0.3 is 0 Å². The van der Waals surface area contributed by atoms with E-state index in [1.165, 1.54) is 16.9 Å². The van der Waals surface area contributed by atoms with Crippen LogP contribution < -0.4 is 10.1 Å². The van der Waals surface area contributed by atoms with Gasteiger partial charge in [0.2, 0.25) is 5.91 Å². The number of hydrogen-bond acceptors (Lipinski definition) is 5. The first-order valence-electron chi connectivity index (χ1n) is 11.5. The molecule has 3 aromatic carbocycles. The summed E-state index contributed by atoms with van der Waals surface area (Å²) in [7, 11) is 0. The van der Waals surface area contributed by atoms with E-state index in [2.05, 4.69) is 47.6 Å². The van der Waals surface area contributed by atoms with Crippen LogP contribution in [0, 0.1) is 13.8 Å². The number of aryl methyl sites for hydroxylation is 2. The Labute approximate surface area is 208 Å². The third-order valence-electron chi connectivity index (χ3n) is 5.99. The van der Waals surface area contributed by atoms with E-state index in [1.54, 1.807) is 12.3 Å². The maximum Gasteiger partial charge on any atom is 0.250 e. The Balaban J connectivity index is 1.54. The average molecular weight is 483 g/mol. The lowest BCUT2D eigenvalue weighted by Crippen LogP contribution is -2.08. The molecule has 176 valence electrons. The van der Waals surface area contributed by atoms with Gasteiger partial charge in [-0.25, -0.2) is 4.98 Å². The predicted octanol–water partition coefficient (Wildman–Crippen LogP) is 7.77. The van der Waals surface area contributed by atoms with Crippen molar-refractivity contribution in [2.75, 3.05) is 11.9 Å². The van der Waals surface area contributed by atoms with E-state index < -0.39 is 0 Å². The maximum atomic E-state index is 12.9. The lowest BCUT2D eigenvalue weighted by Gasteiger charge is -2.15. The van der Waals surface area contributed by atoms with Crippen molar-refractivity contribution in [3.63, 3.8) is 0 Å². The number of nitrogens with one attached hydrogen (secondary N) is 1. The number of thiazole rings is 1. The van der Waals surface area contributed by atoms with Crippen molar-refractivity contribution in [2.24, 2.45) is 0 Å². The Morgan fingerprint density at radius 2 is 1.91 bits per heavy atom. The summed E-state index contributed by atoms with van der Waals surface area (Å²) in [6, 6.07) is 18.3. The number of rotatable bonds is 6. The van der Waals surface area contributed by atoms with E-state index in [-0.39, 0.29) is 5.91 Å². The fourth-order valence-corrected chi connectivity index (χ4v) is 5.11. The average Bonchev–Trinajstić information content (AvgIpc) is 3.45. The van der Waals surface area contributed by atoms with Crippen molar-refractivity contribution in [3.05, 3.63) is 83.6 Å². The van der Waals surface area contributed by atoms with Crippen LogP contribution in [0.1, 0.15) is 30.5 Å². The highest BCUT2D eigenvalue weighted by molar-refractivity contribution is 7.22. The van der Waals surface area contributed by atoms with Crippen LogP contribution in [0.2, 0.25) is 0 Å². The number of amides is 1. The number of benzene rings is 3. The summed E-state index contributed by atoms with van der Waals surface area (Å²) in [5.41, 5.74) is 7.54. The van der Waals surface area contributed by atoms with Crippen LogP contribution in [-0.2, 0) is 4.79 Å². The molecule has 0 saturated heterocycles. The number of aromatic nitrogens is 1. The quantitative estimate of drug-likeness (QED) is 0.251. The molecule has 0 atom stereocenters. The van der Waals surface area contributed by atoms with E-state index in [4.69, 9.17) is 9.15 Å². The van der Waals surface area contributed by atoms with Gasteiger partial charge in [0.25, 0.3) is 0 Å². The molecule has 35 heavy (non-hydrogen) atoms. The smallest absolute Gasteiger partial charge is 0.250 e. The highest BCUT2D eigenvalue weighted by Gasteiger charge is 2.19. The van der Waals surface area contributed by atoms with Crippen LogP contribution >= 0.6 is 11.3 Å². The third-order valence-corrected chi connectivity index (χ3v) is 6.94. The third kappa shape index (κ3) is 4.45. The normalized spacial score (nSPS) is 11.8. The van der Waals surface area contributed by atoms with Gasteiger partial charge in [0.15, 0.2) is 5.13 Å². The summed E-state index contributed by atoms with van der Waals surface area (Å²) in [5, 5.41) is 4.47. The molecular formula is C29H26N2O3S. The molecule has 6 heteroatoms. The number of fused-ring (bicyclic) bond motifs is 2. The van der Waals surface area contributed by atoms with Crippen molar-refractivity contribution in [2.45, 2.75) is 27.7 Å². The number of para-hydroxylation sites is 1.